The molecule has 0 bridgehead atoms. The van der Waals surface area contributed by atoms with Crippen molar-refractivity contribution in [3.63, 3.8) is 0 Å². The number of anilines is 2. The molecule has 31 heavy (non-hydrogen) atoms. The number of benzene rings is 3. The minimum absolute atomic E-state index is 0.0211. The number of nitrogens with zero attached hydrogens (tertiary/aromatic N) is 2. The van der Waals surface area contributed by atoms with E-state index in [-0.39, 0.29) is 22.3 Å². The maximum absolute atomic E-state index is 15.1. The fourth-order valence-electron chi connectivity index (χ4n) is 3.03. The van der Waals surface area contributed by atoms with Crippen LogP contribution in [0.2, 0.25) is 0 Å². The van der Waals surface area contributed by atoms with E-state index in [2.05, 4.69) is 26.3 Å². The number of halogens is 3. The summed E-state index contributed by atoms with van der Waals surface area (Å²) in [4.78, 5) is 12.5. The fourth-order valence-corrected chi connectivity index (χ4v) is 3.43. The number of nitrogens with one attached hydrogen (secondary N) is 1. The highest BCUT2D eigenvalue weighted by atomic mass is 79.9. The van der Waals surface area contributed by atoms with Crippen LogP contribution < -0.4 is 10.1 Å². The van der Waals surface area contributed by atoms with E-state index >= 15 is 4.39 Å². The number of hydrogen-bond donors (Lipinski definition) is 1. The van der Waals surface area contributed by atoms with Gasteiger partial charge in [-0.3, -0.25) is 0 Å². The lowest BCUT2D eigenvalue weighted by molar-refractivity contribution is 0.139. The summed E-state index contributed by atoms with van der Waals surface area (Å²) < 4.78 is 40.0. The van der Waals surface area contributed by atoms with E-state index in [1.54, 1.807) is 6.07 Å². The van der Waals surface area contributed by atoms with Crippen LogP contribution in [0.5, 0.6) is 5.75 Å². The molecule has 3 aromatic carbocycles. The van der Waals surface area contributed by atoms with E-state index in [1.807, 2.05) is 30.3 Å². The van der Waals surface area contributed by atoms with Gasteiger partial charge in [-0.15, -0.1) is 0 Å². The van der Waals surface area contributed by atoms with E-state index in [1.165, 1.54) is 31.5 Å². The first-order chi connectivity index (χ1) is 15.0. The van der Waals surface area contributed by atoms with Crippen molar-refractivity contribution >= 4 is 44.3 Å². The van der Waals surface area contributed by atoms with Crippen molar-refractivity contribution in [2.45, 2.75) is 6.61 Å². The second-order valence-electron chi connectivity index (χ2n) is 6.56. The maximum atomic E-state index is 15.1. The molecular formula is C22H16BrF2N3O3. The molecule has 0 aliphatic rings. The van der Waals surface area contributed by atoms with E-state index < -0.39 is 17.7 Å². The Balaban J connectivity index is 1.62. The van der Waals surface area contributed by atoms with Crippen LogP contribution in [0.1, 0.15) is 5.56 Å². The van der Waals surface area contributed by atoms with Gasteiger partial charge in [0, 0.05) is 17.1 Å². The minimum atomic E-state index is -0.798. The summed E-state index contributed by atoms with van der Waals surface area (Å²) in [5.41, 5.74) is 1.64. The number of hydrogen-bond acceptors (Lipinski definition) is 5. The molecule has 0 aliphatic carbocycles. The van der Waals surface area contributed by atoms with Crippen molar-refractivity contribution in [3.8, 4) is 5.75 Å². The second-order valence-corrected chi connectivity index (χ2v) is 7.35. The van der Waals surface area contributed by atoms with Crippen LogP contribution >= 0.6 is 15.9 Å². The van der Waals surface area contributed by atoms with Crippen LogP contribution in [0.25, 0.3) is 10.9 Å². The van der Waals surface area contributed by atoms with Gasteiger partial charge >= 0.3 is 6.09 Å². The predicted molar refractivity (Wildman–Crippen MR) is 116 cm³/mol. The molecule has 6 nitrogen and oxygen atoms in total. The van der Waals surface area contributed by atoms with Crippen molar-refractivity contribution in [1.29, 1.82) is 0 Å². The van der Waals surface area contributed by atoms with Gasteiger partial charge in [0.25, 0.3) is 0 Å². The van der Waals surface area contributed by atoms with Crippen LogP contribution in [0.3, 0.4) is 0 Å². The third-order valence-electron chi connectivity index (χ3n) is 4.54. The molecule has 1 aromatic heterocycles. The van der Waals surface area contributed by atoms with Crippen LogP contribution in [0.15, 0.2) is 65.3 Å². The van der Waals surface area contributed by atoms with E-state index in [4.69, 9.17) is 9.47 Å². The van der Waals surface area contributed by atoms with E-state index in [9.17, 15) is 9.18 Å². The summed E-state index contributed by atoms with van der Waals surface area (Å²) in [6, 6.07) is 14.9. The zero-order valence-electron chi connectivity index (χ0n) is 16.2. The fraction of sp³-hybridized carbons (Fsp3) is 0.0909. The molecule has 0 unspecified atom stereocenters. The van der Waals surface area contributed by atoms with Crippen molar-refractivity contribution in [3.05, 3.63) is 82.5 Å². The molecule has 9 heteroatoms. The summed E-state index contributed by atoms with van der Waals surface area (Å²) in [7, 11) is 1.36. The first kappa shape index (κ1) is 20.8. The van der Waals surface area contributed by atoms with Gasteiger partial charge in [0.05, 0.1) is 23.5 Å². The average molecular weight is 488 g/mol. The van der Waals surface area contributed by atoms with E-state index in [0.717, 1.165) is 10.2 Å². The predicted octanol–water partition coefficient (Wildman–Crippen LogP) is 6.01. The highest BCUT2D eigenvalue weighted by Crippen LogP contribution is 2.35. The Morgan fingerprint density at radius 1 is 1.16 bits per heavy atom. The number of aromatic nitrogens is 2. The van der Waals surface area contributed by atoms with Crippen LogP contribution in [0.4, 0.5) is 25.0 Å². The molecule has 0 aliphatic heterocycles. The third kappa shape index (κ3) is 4.22. The largest absolute Gasteiger partial charge is 0.494 e. The quantitative estimate of drug-likeness (QED) is 0.373. The van der Waals surface area contributed by atoms with Gasteiger partial charge in [-0.2, -0.15) is 9.78 Å². The molecule has 4 aromatic rings. The van der Waals surface area contributed by atoms with Crippen molar-refractivity contribution in [1.82, 2.24) is 9.78 Å². The Morgan fingerprint density at radius 2 is 1.94 bits per heavy atom. The van der Waals surface area contributed by atoms with Crippen molar-refractivity contribution in [2.75, 3.05) is 12.4 Å². The highest BCUT2D eigenvalue weighted by Gasteiger charge is 2.20. The van der Waals surface area contributed by atoms with Gasteiger partial charge < -0.3 is 14.8 Å². The summed E-state index contributed by atoms with van der Waals surface area (Å²) >= 11 is 3.22. The van der Waals surface area contributed by atoms with Gasteiger partial charge in [-0.25, -0.2) is 13.6 Å². The average Bonchev–Trinajstić information content (AvgIpc) is 3.21. The standard InChI is InChI=1S/C22H16BrF2N3O3/c1-30-18-10-15(7-8-16(18)24)27-17-9-14-11-26-28(21(14)20(25)19(17)23)22(29)31-12-13-5-3-2-4-6-13/h2-11,27H,12H2,1H3. The number of carbonyl (C=O) groups is 1. The lowest BCUT2D eigenvalue weighted by Gasteiger charge is -2.12. The summed E-state index contributed by atoms with van der Waals surface area (Å²) in [5.74, 6) is -1.15. The van der Waals surface area contributed by atoms with Crippen LogP contribution in [0, 0.1) is 11.6 Å². The molecule has 0 saturated carbocycles. The Morgan fingerprint density at radius 3 is 2.68 bits per heavy atom. The number of carbonyl (C=O) groups excluding carboxylic acids is 1. The van der Waals surface area contributed by atoms with Crippen molar-refractivity contribution < 1.29 is 23.0 Å². The molecule has 0 atom stereocenters. The normalized spacial score (nSPS) is 10.8. The SMILES string of the molecule is COc1cc(Nc2cc3cnn(C(=O)OCc4ccccc4)c3c(F)c2Br)ccc1F. The molecule has 0 spiro atoms. The zero-order valence-corrected chi connectivity index (χ0v) is 17.8. The molecule has 1 N–H and O–H groups in total. The molecular weight excluding hydrogens is 472 g/mol. The molecule has 4 rings (SSSR count). The number of fused-ring (bicyclic) bond motifs is 1. The third-order valence-corrected chi connectivity index (χ3v) is 5.32. The Labute approximate surface area is 184 Å². The Hall–Kier alpha value is -3.46. The molecule has 0 fully saturated rings. The van der Waals surface area contributed by atoms with E-state index in [0.29, 0.717) is 16.8 Å². The first-order valence-corrected chi connectivity index (χ1v) is 9.94. The van der Waals surface area contributed by atoms with Crippen LogP contribution in [-0.2, 0) is 11.3 Å². The van der Waals surface area contributed by atoms with Gasteiger partial charge in [0.1, 0.15) is 12.1 Å². The maximum Gasteiger partial charge on any atom is 0.435 e. The van der Waals surface area contributed by atoms with Gasteiger partial charge in [0.15, 0.2) is 17.4 Å². The number of rotatable bonds is 5. The second kappa shape index (κ2) is 8.73. The molecule has 0 amide bonds. The summed E-state index contributed by atoms with van der Waals surface area (Å²) in [5, 5.41) is 7.37. The zero-order chi connectivity index (χ0) is 22.0. The number of ether oxygens (including phenoxy) is 2. The smallest absolute Gasteiger partial charge is 0.435 e. The lowest BCUT2D eigenvalue weighted by atomic mass is 10.2. The first-order valence-electron chi connectivity index (χ1n) is 9.15. The monoisotopic (exact) mass is 487 g/mol. The van der Waals surface area contributed by atoms with Gasteiger partial charge in [0.2, 0.25) is 0 Å². The molecule has 0 saturated heterocycles. The lowest BCUT2D eigenvalue weighted by Crippen LogP contribution is -2.15. The summed E-state index contributed by atoms with van der Waals surface area (Å²) in [6.07, 6.45) is 0.569. The van der Waals surface area contributed by atoms with Gasteiger partial charge in [-0.1, -0.05) is 30.3 Å². The minimum Gasteiger partial charge on any atom is -0.494 e. The Bertz CT molecular complexity index is 1260. The van der Waals surface area contributed by atoms with Crippen molar-refractivity contribution in [2.24, 2.45) is 0 Å². The van der Waals surface area contributed by atoms with Gasteiger partial charge in [-0.05, 0) is 39.7 Å². The number of methoxy groups -OCH3 is 1. The molecule has 158 valence electrons. The molecule has 0 radical (unpaired) electrons. The summed E-state index contributed by atoms with van der Waals surface area (Å²) in [6.45, 7) is 0.0376. The topological polar surface area (TPSA) is 65.4 Å². The highest BCUT2D eigenvalue weighted by molar-refractivity contribution is 9.10. The Kier molecular flexibility index (Phi) is 5.85. The van der Waals surface area contributed by atoms with Crippen LogP contribution in [-0.4, -0.2) is 23.0 Å². The molecule has 1 heterocycles.